The van der Waals surface area contributed by atoms with Crippen LogP contribution in [0.25, 0.3) is 0 Å². The Morgan fingerprint density at radius 2 is 1.82 bits per heavy atom. The van der Waals surface area contributed by atoms with E-state index in [1.54, 1.807) is 6.92 Å². The van der Waals surface area contributed by atoms with Crippen molar-refractivity contribution in [2.24, 2.45) is 7.05 Å². The molecular weight excluding hydrogens is 222 g/mol. The first kappa shape index (κ1) is 11.9. The number of fused-ring (bicyclic) bond motifs is 1. The van der Waals surface area contributed by atoms with Gasteiger partial charge >= 0.3 is 11.4 Å². The molecule has 2 rings (SSSR count). The topological polar surface area (TPSA) is 69.2 Å². The van der Waals surface area contributed by atoms with Crippen molar-refractivity contribution in [2.45, 2.75) is 39.0 Å². The molecule has 1 aromatic rings. The van der Waals surface area contributed by atoms with Crippen molar-refractivity contribution in [3.05, 3.63) is 32.6 Å². The standard InChI is InChI=1S/C11H17N3O3/c1-6-5-7(2)13-10(16)12(4)11(17)14(13)9(6)8(3)15/h5,7-9,15H,1-4H3/t7-,8+,9+/m0/s1. The average Bonchev–Trinajstić information content (AvgIpc) is 2.43. The molecule has 0 fully saturated rings. The third-order valence-electron chi connectivity index (χ3n) is 3.27. The Morgan fingerprint density at radius 3 is 2.35 bits per heavy atom. The molecule has 3 atom stereocenters. The number of aliphatic hydroxyl groups excluding tert-OH is 1. The molecule has 1 aliphatic heterocycles. The van der Waals surface area contributed by atoms with Gasteiger partial charge in [0.25, 0.3) is 0 Å². The van der Waals surface area contributed by atoms with Crippen molar-refractivity contribution < 1.29 is 5.11 Å². The largest absolute Gasteiger partial charge is 0.391 e. The maximum Gasteiger partial charge on any atom is 0.347 e. The van der Waals surface area contributed by atoms with Crippen molar-refractivity contribution in [1.29, 1.82) is 0 Å². The predicted molar refractivity (Wildman–Crippen MR) is 63.1 cm³/mol. The van der Waals surface area contributed by atoms with Gasteiger partial charge in [0.2, 0.25) is 0 Å². The Labute approximate surface area is 98.4 Å². The molecule has 1 aromatic heterocycles. The summed E-state index contributed by atoms with van der Waals surface area (Å²) in [5, 5.41) is 9.78. The second-order valence-electron chi connectivity index (χ2n) is 4.65. The number of hydrogen-bond donors (Lipinski definition) is 1. The van der Waals surface area contributed by atoms with Gasteiger partial charge in [0.05, 0.1) is 12.1 Å². The molecule has 0 aliphatic carbocycles. The lowest BCUT2D eigenvalue weighted by Crippen LogP contribution is -2.40. The van der Waals surface area contributed by atoms with Crippen LogP contribution in [-0.4, -0.2) is 25.1 Å². The van der Waals surface area contributed by atoms with Gasteiger partial charge in [-0.3, -0.25) is 0 Å². The summed E-state index contributed by atoms with van der Waals surface area (Å²) in [6.45, 7) is 5.33. The lowest BCUT2D eigenvalue weighted by Gasteiger charge is -2.30. The van der Waals surface area contributed by atoms with Crippen LogP contribution in [0.1, 0.15) is 32.9 Å². The summed E-state index contributed by atoms with van der Waals surface area (Å²) in [5.74, 6) is 0. The van der Waals surface area contributed by atoms with Crippen LogP contribution in [0.5, 0.6) is 0 Å². The number of aromatic nitrogens is 3. The highest BCUT2D eigenvalue weighted by Gasteiger charge is 2.31. The minimum atomic E-state index is -0.718. The molecule has 0 unspecified atom stereocenters. The number of hydrogen-bond acceptors (Lipinski definition) is 3. The number of aliphatic hydroxyl groups is 1. The SMILES string of the molecule is CC1=C[C@H](C)n2c(=O)n(C)c(=O)n2[C@H]1[C@@H](C)O. The van der Waals surface area contributed by atoms with E-state index in [0.29, 0.717) is 0 Å². The molecule has 0 radical (unpaired) electrons. The molecule has 6 heteroatoms. The van der Waals surface area contributed by atoms with Crippen molar-refractivity contribution in [3.8, 4) is 0 Å². The zero-order valence-corrected chi connectivity index (χ0v) is 10.4. The minimum absolute atomic E-state index is 0.175. The van der Waals surface area contributed by atoms with Gasteiger partial charge in [-0.2, -0.15) is 0 Å². The molecule has 0 amide bonds. The molecular formula is C11H17N3O3. The molecule has 0 saturated heterocycles. The number of allylic oxidation sites excluding steroid dienone is 1. The lowest BCUT2D eigenvalue weighted by molar-refractivity contribution is 0.122. The molecule has 2 heterocycles. The van der Waals surface area contributed by atoms with Crippen molar-refractivity contribution in [2.75, 3.05) is 0 Å². The maximum atomic E-state index is 12.0. The van der Waals surface area contributed by atoms with Crippen LogP contribution < -0.4 is 11.4 Å². The van der Waals surface area contributed by atoms with E-state index in [1.165, 1.54) is 16.4 Å². The molecule has 0 spiro atoms. The molecule has 0 saturated carbocycles. The average molecular weight is 239 g/mol. The van der Waals surface area contributed by atoms with Gasteiger partial charge in [-0.1, -0.05) is 6.08 Å². The second kappa shape index (κ2) is 3.73. The second-order valence-corrected chi connectivity index (χ2v) is 4.65. The third kappa shape index (κ3) is 1.51. The Bertz CT molecular complexity index is 588. The molecule has 6 nitrogen and oxygen atoms in total. The van der Waals surface area contributed by atoms with E-state index in [1.807, 2.05) is 19.9 Å². The van der Waals surface area contributed by atoms with Crippen molar-refractivity contribution in [1.82, 2.24) is 13.9 Å². The van der Waals surface area contributed by atoms with Gasteiger partial charge in [0.1, 0.15) is 6.04 Å². The monoisotopic (exact) mass is 239 g/mol. The molecule has 0 aromatic carbocycles. The summed E-state index contributed by atoms with van der Waals surface area (Å²) in [7, 11) is 1.45. The van der Waals surface area contributed by atoms with Crippen LogP contribution in [0.15, 0.2) is 21.2 Å². The van der Waals surface area contributed by atoms with E-state index in [-0.39, 0.29) is 17.4 Å². The normalized spacial score (nSPS) is 25.4. The first-order valence-corrected chi connectivity index (χ1v) is 5.62. The number of nitrogens with zero attached hydrogens (tertiary/aromatic N) is 3. The maximum absolute atomic E-state index is 12.0. The highest BCUT2D eigenvalue weighted by molar-refractivity contribution is 5.14. The van der Waals surface area contributed by atoms with E-state index in [2.05, 4.69) is 0 Å². The first-order chi connectivity index (χ1) is 7.86. The van der Waals surface area contributed by atoms with E-state index in [9.17, 15) is 14.7 Å². The Hall–Kier alpha value is -1.56. The smallest absolute Gasteiger partial charge is 0.347 e. The van der Waals surface area contributed by atoms with Gasteiger partial charge in [0.15, 0.2) is 0 Å². The zero-order chi connectivity index (χ0) is 12.9. The van der Waals surface area contributed by atoms with Crippen LogP contribution in [0.2, 0.25) is 0 Å². The third-order valence-corrected chi connectivity index (χ3v) is 3.27. The van der Waals surface area contributed by atoms with E-state index in [0.717, 1.165) is 10.1 Å². The summed E-state index contributed by atoms with van der Waals surface area (Å²) in [6.07, 6.45) is 1.18. The van der Waals surface area contributed by atoms with Crippen LogP contribution in [0, 0.1) is 0 Å². The van der Waals surface area contributed by atoms with E-state index >= 15 is 0 Å². The summed E-state index contributed by atoms with van der Waals surface area (Å²) in [6, 6.07) is -0.640. The van der Waals surface area contributed by atoms with Gasteiger partial charge in [-0.05, 0) is 26.3 Å². The van der Waals surface area contributed by atoms with Crippen molar-refractivity contribution in [3.63, 3.8) is 0 Å². The van der Waals surface area contributed by atoms with Gasteiger partial charge in [-0.15, -0.1) is 0 Å². The Kier molecular flexibility index (Phi) is 2.61. The van der Waals surface area contributed by atoms with Gasteiger partial charge < -0.3 is 5.11 Å². The Morgan fingerprint density at radius 1 is 1.29 bits per heavy atom. The molecule has 94 valence electrons. The highest BCUT2D eigenvalue weighted by Crippen LogP contribution is 2.27. The number of rotatable bonds is 1. The fourth-order valence-electron chi connectivity index (χ4n) is 2.52. The summed E-state index contributed by atoms with van der Waals surface area (Å²) in [5.41, 5.74) is 0.164. The molecule has 1 aliphatic rings. The molecule has 0 bridgehead atoms. The quantitative estimate of drug-likeness (QED) is 0.689. The van der Waals surface area contributed by atoms with Crippen LogP contribution >= 0.6 is 0 Å². The molecule has 17 heavy (non-hydrogen) atoms. The summed E-state index contributed by atoms with van der Waals surface area (Å²) >= 11 is 0. The van der Waals surface area contributed by atoms with Crippen LogP contribution in [0.3, 0.4) is 0 Å². The van der Waals surface area contributed by atoms with Crippen molar-refractivity contribution >= 4 is 0 Å². The zero-order valence-electron chi connectivity index (χ0n) is 10.4. The van der Waals surface area contributed by atoms with Gasteiger partial charge in [-0.25, -0.2) is 23.5 Å². The van der Waals surface area contributed by atoms with Crippen LogP contribution in [0.4, 0.5) is 0 Å². The fourth-order valence-corrected chi connectivity index (χ4v) is 2.52. The fraction of sp³-hybridized carbons (Fsp3) is 0.636. The summed E-state index contributed by atoms with van der Waals surface area (Å²) < 4.78 is 3.82. The minimum Gasteiger partial charge on any atom is -0.391 e. The van der Waals surface area contributed by atoms with E-state index in [4.69, 9.17) is 0 Å². The highest BCUT2D eigenvalue weighted by atomic mass is 16.3. The molecule has 1 N–H and O–H groups in total. The lowest BCUT2D eigenvalue weighted by atomic mass is 10.0. The van der Waals surface area contributed by atoms with E-state index < -0.39 is 12.1 Å². The Balaban J connectivity index is 2.80. The summed E-state index contributed by atoms with van der Waals surface area (Å²) in [4.78, 5) is 23.9. The van der Waals surface area contributed by atoms with Gasteiger partial charge in [0, 0.05) is 7.05 Å². The van der Waals surface area contributed by atoms with Crippen LogP contribution in [-0.2, 0) is 7.05 Å². The predicted octanol–water partition coefficient (Wildman–Crippen LogP) is -0.209. The first-order valence-electron chi connectivity index (χ1n) is 5.62.